The van der Waals surface area contributed by atoms with Crippen molar-refractivity contribution < 1.29 is 0 Å². The van der Waals surface area contributed by atoms with Gasteiger partial charge in [0.05, 0.1) is 0 Å². The van der Waals surface area contributed by atoms with Crippen molar-refractivity contribution in [2.45, 2.75) is 25.8 Å². The number of hydrogen-bond donors (Lipinski definition) is 1. The molecule has 4 heteroatoms. The predicted molar refractivity (Wildman–Crippen MR) is 78.5 cm³/mol. The minimum absolute atomic E-state index is 0.705. The maximum atomic E-state index is 5.96. The van der Waals surface area contributed by atoms with Crippen molar-refractivity contribution in [3.63, 3.8) is 0 Å². The fourth-order valence-electron chi connectivity index (χ4n) is 2.38. The molecule has 0 aromatic heterocycles. The zero-order chi connectivity index (χ0) is 12.8. The molecule has 100 valence electrons. The van der Waals surface area contributed by atoms with E-state index < -0.39 is 0 Å². The van der Waals surface area contributed by atoms with Crippen LogP contribution in [0.3, 0.4) is 0 Å². The fourth-order valence-corrected chi connectivity index (χ4v) is 2.95. The minimum atomic E-state index is 0.705. The van der Waals surface area contributed by atoms with Gasteiger partial charge in [0.25, 0.3) is 0 Å². The van der Waals surface area contributed by atoms with Crippen molar-refractivity contribution in [1.82, 2.24) is 10.2 Å². The third-order valence-corrected chi connectivity index (χ3v) is 3.71. The van der Waals surface area contributed by atoms with Gasteiger partial charge in [-0.05, 0) is 69.2 Å². The third-order valence-electron chi connectivity index (χ3n) is 3.28. The van der Waals surface area contributed by atoms with Gasteiger partial charge in [0.2, 0.25) is 0 Å². The van der Waals surface area contributed by atoms with Crippen LogP contribution in [0.5, 0.6) is 0 Å². The minimum Gasteiger partial charge on any atom is -0.313 e. The highest BCUT2D eigenvalue weighted by Gasteiger charge is 2.09. The molecule has 0 unspecified atom stereocenters. The van der Waals surface area contributed by atoms with Crippen molar-refractivity contribution in [2.24, 2.45) is 0 Å². The lowest BCUT2D eigenvalue weighted by Crippen LogP contribution is -2.24. The molecule has 0 radical (unpaired) electrons. The third kappa shape index (κ3) is 4.77. The molecule has 0 aliphatic carbocycles. The first-order valence-corrected chi connectivity index (χ1v) is 7.38. The largest absolute Gasteiger partial charge is 0.313 e. The molecule has 1 aliphatic rings. The first kappa shape index (κ1) is 14.1. The highest BCUT2D eigenvalue weighted by Crippen LogP contribution is 2.18. The maximum absolute atomic E-state index is 5.96. The smallest absolute Gasteiger partial charge is 0.0424 e. The topological polar surface area (TPSA) is 15.3 Å². The summed E-state index contributed by atoms with van der Waals surface area (Å²) >= 11 is 11.9. The molecule has 1 aromatic carbocycles. The molecular weight excluding hydrogens is 267 g/mol. The van der Waals surface area contributed by atoms with Gasteiger partial charge in [-0.2, -0.15) is 0 Å². The van der Waals surface area contributed by atoms with Gasteiger partial charge in [-0.1, -0.05) is 23.2 Å². The summed E-state index contributed by atoms with van der Waals surface area (Å²) in [5.74, 6) is 0. The first-order valence-electron chi connectivity index (χ1n) is 6.62. The molecule has 1 N–H and O–H groups in total. The summed E-state index contributed by atoms with van der Waals surface area (Å²) in [6.45, 7) is 5.65. The van der Waals surface area contributed by atoms with E-state index in [2.05, 4.69) is 10.2 Å². The molecule has 0 amide bonds. The van der Waals surface area contributed by atoms with E-state index >= 15 is 0 Å². The zero-order valence-electron chi connectivity index (χ0n) is 10.6. The second kappa shape index (κ2) is 7.34. The molecule has 1 aromatic rings. The Labute approximate surface area is 119 Å². The fraction of sp³-hybridized carbons (Fsp3) is 0.571. The molecule has 2 rings (SSSR count). The Hall–Kier alpha value is -0.280. The van der Waals surface area contributed by atoms with Gasteiger partial charge in [0.1, 0.15) is 0 Å². The first-order chi connectivity index (χ1) is 8.74. The van der Waals surface area contributed by atoms with E-state index in [4.69, 9.17) is 23.2 Å². The highest BCUT2D eigenvalue weighted by atomic mass is 35.5. The summed E-state index contributed by atoms with van der Waals surface area (Å²) in [6, 6.07) is 5.68. The number of halogens is 2. The lowest BCUT2D eigenvalue weighted by Gasteiger charge is -2.14. The number of hydrogen-bond acceptors (Lipinski definition) is 2. The van der Waals surface area contributed by atoms with E-state index in [-0.39, 0.29) is 0 Å². The second-order valence-corrected chi connectivity index (χ2v) is 5.73. The average molecular weight is 287 g/mol. The summed E-state index contributed by atoms with van der Waals surface area (Å²) in [5, 5.41) is 4.85. The Morgan fingerprint density at radius 1 is 1.06 bits per heavy atom. The molecule has 0 atom stereocenters. The van der Waals surface area contributed by atoms with E-state index in [9.17, 15) is 0 Å². The predicted octanol–water partition coefficient (Wildman–Crippen LogP) is 3.57. The zero-order valence-corrected chi connectivity index (χ0v) is 12.1. The highest BCUT2D eigenvalue weighted by molar-refractivity contribution is 6.34. The van der Waals surface area contributed by atoms with Crippen LogP contribution in [0.2, 0.25) is 10.0 Å². The molecule has 1 fully saturated rings. The monoisotopic (exact) mass is 286 g/mol. The molecule has 1 aliphatic heterocycles. The van der Waals surface area contributed by atoms with Crippen LogP contribution in [0, 0.1) is 0 Å². The maximum Gasteiger partial charge on any atom is 0.0424 e. The van der Waals surface area contributed by atoms with Crippen molar-refractivity contribution in [2.75, 3.05) is 26.2 Å². The Bertz CT molecular complexity index is 356. The van der Waals surface area contributed by atoms with E-state index in [1.165, 1.54) is 38.9 Å². The van der Waals surface area contributed by atoms with Gasteiger partial charge >= 0.3 is 0 Å². The van der Waals surface area contributed by atoms with Crippen molar-refractivity contribution in [3.8, 4) is 0 Å². The molecule has 2 nitrogen and oxygen atoms in total. The quantitative estimate of drug-likeness (QED) is 0.805. The lowest BCUT2D eigenvalue weighted by molar-refractivity contribution is 0.331. The molecule has 0 saturated carbocycles. The average Bonchev–Trinajstić information content (AvgIpc) is 2.80. The van der Waals surface area contributed by atoms with Gasteiger partial charge in [-0.25, -0.2) is 0 Å². The molecule has 0 spiro atoms. The van der Waals surface area contributed by atoms with Crippen molar-refractivity contribution in [3.05, 3.63) is 33.8 Å². The van der Waals surface area contributed by atoms with Crippen LogP contribution in [0.4, 0.5) is 0 Å². The molecular formula is C14H20Cl2N2. The second-order valence-electron chi connectivity index (χ2n) is 4.86. The van der Waals surface area contributed by atoms with Crippen LogP contribution in [0.1, 0.15) is 24.8 Å². The summed E-state index contributed by atoms with van der Waals surface area (Å²) in [4.78, 5) is 2.54. The van der Waals surface area contributed by atoms with E-state index in [1.54, 1.807) is 6.07 Å². The number of rotatable bonds is 6. The van der Waals surface area contributed by atoms with E-state index in [0.29, 0.717) is 10.0 Å². The summed E-state index contributed by atoms with van der Waals surface area (Å²) in [6.07, 6.45) is 3.94. The Balaban J connectivity index is 1.62. The van der Waals surface area contributed by atoms with Crippen molar-refractivity contribution >= 4 is 23.2 Å². The van der Waals surface area contributed by atoms with Crippen LogP contribution >= 0.6 is 23.2 Å². The summed E-state index contributed by atoms with van der Waals surface area (Å²) in [7, 11) is 0. The van der Waals surface area contributed by atoms with Gasteiger partial charge in [0.15, 0.2) is 0 Å². The van der Waals surface area contributed by atoms with Crippen LogP contribution in [-0.2, 0) is 6.54 Å². The standard InChI is InChI=1S/C14H20Cl2N2/c15-13-8-12(9-14(16)10-13)11-17-4-3-7-18-5-1-2-6-18/h8-10,17H,1-7,11H2. The number of likely N-dealkylation sites (tertiary alicyclic amines) is 1. The molecule has 18 heavy (non-hydrogen) atoms. The summed E-state index contributed by atoms with van der Waals surface area (Å²) in [5.41, 5.74) is 1.15. The van der Waals surface area contributed by atoms with Gasteiger partial charge in [-0.15, -0.1) is 0 Å². The van der Waals surface area contributed by atoms with Gasteiger partial charge < -0.3 is 10.2 Å². The Kier molecular flexibility index (Phi) is 5.77. The summed E-state index contributed by atoms with van der Waals surface area (Å²) < 4.78 is 0. The Morgan fingerprint density at radius 3 is 2.39 bits per heavy atom. The van der Waals surface area contributed by atoms with Crippen LogP contribution < -0.4 is 5.32 Å². The molecule has 1 saturated heterocycles. The number of nitrogens with zero attached hydrogens (tertiary/aromatic N) is 1. The van der Waals surface area contributed by atoms with Gasteiger partial charge in [0, 0.05) is 16.6 Å². The normalized spacial score (nSPS) is 16.3. The lowest BCUT2D eigenvalue weighted by atomic mass is 10.2. The van der Waals surface area contributed by atoms with Crippen LogP contribution in [0.25, 0.3) is 0 Å². The van der Waals surface area contributed by atoms with E-state index in [0.717, 1.165) is 18.7 Å². The number of benzene rings is 1. The van der Waals surface area contributed by atoms with E-state index in [1.807, 2.05) is 12.1 Å². The molecule has 0 bridgehead atoms. The number of nitrogens with one attached hydrogen (secondary N) is 1. The van der Waals surface area contributed by atoms with Crippen LogP contribution in [0.15, 0.2) is 18.2 Å². The van der Waals surface area contributed by atoms with Crippen molar-refractivity contribution in [1.29, 1.82) is 0 Å². The SMILES string of the molecule is Clc1cc(Cl)cc(CNCCCN2CCCC2)c1. The van der Waals surface area contributed by atoms with Gasteiger partial charge in [-0.3, -0.25) is 0 Å². The Morgan fingerprint density at radius 2 is 1.72 bits per heavy atom. The van der Waals surface area contributed by atoms with Crippen LogP contribution in [-0.4, -0.2) is 31.1 Å². The molecule has 1 heterocycles.